The summed E-state index contributed by atoms with van der Waals surface area (Å²) in [4.78, 5) is 139. The molecule has 404 valence electrons. The van der Waals surface area contributed by atoms with Crippen LogP contribution in [0.15, 0.2) is 83.8 Å². The van der Waals surface area contributed by atoms with Gasteiger partial charge >= 0.3 is 13.3 Å². The maximum Gasteiger partial charge on any atom is 0.396 e. The number of rotatable bonds is 15. The number of piperidine rings is 1. The fourth-order valence-corrected chi connectivity index (χ4v) is 13.3. The van der Waals surface area contributed by atoms with Gasteiger partial charge in [0.2, 0.25) is 29.5 Å². The maximum absolute atomic E-state index is 15.1. The molecular weight excluding hydrogens is 1030 g/mol. The first-order valence-corrected chi connectivity index (χ1v) is 28.5. The number of H-pyrrole nitrogens is 1. The minimum Gasteiger partial charge on any atom is -0.370 e. The summed E-state index contributed by atoms with van der Waals surface area (Å²) in [6.45, 7) is 3.94. The number of nitrogens with zero attached hydrogens (tertiary/aromatic N) is 5. The number of amides is 6. The van der Waals surface area contributed by atoms with Crippen molar-refractivity contribution in [2.24, 2.45) is 24.6 Å². The number of allylic oxidation sites excluding steroid dienone is 1. The van der Waals surface area contributed by atoms with Crippen LogP contribution in [0.4, 0.5) is 0 Å². The van der Waals surface area contributed by atoms with Crippen LogP contribution in [-0.2, 0) is 42.0 Å². The molecule has 23 heteroatoms. The fraction of sp³-hybridized carbons (Fsp3) is 0.426. The number of hydrogen-bond donors (Lipinski definition) is 7. The Balaban J connectivity index is 0.843. The van der Waals surface area contributed by atoms with Gasteiger partial charge in [0.05, 0.1) is 27.3 Å². The van der Waals surface area contributed by atoms with E-state index in [2.05, 4.69) is 27.5 Å². The SMILES string of the molecule is C=C1CCC(n2c(=O)n(C)c3cc(CCC4CCC(C(=O)N5CC[C@H]6CC[C@@H](C(=O)N[C@@H](CCC(N)=O)c7nc8ccccc8s7)N6C(=O)[C@@H](NC(=O)c6cc7cc(C(=O)P(=O)(O)O)ccc7[nH]6)C5)CC4)ccc32)C(=O)N1. The zero-order valence-electron chi connectivity index (χ0n) is 42.4. The smallest absolute Gasteiger partial charge is 0.370 e. The van der Waals surface area contributed by atoms with Crippen molar-refractivity contribution in [1.82, 2.24) is 44.9 Å². The molecule has 10 rings (SSSR count). The monoisotopic (exact) mass is 1090 g/mol. The Bertz CT molecular complexity index is 3460. The lowest BCUT2D eigenvalue weighted by Crippen LogP contribution is -2.61. The van der Waals surface area contributed by atoms with Gasteiger partial charge in [0.1, 0.15) is 28.8 Å². The van der Waals surface area contributed by atoms with Crippen molar-refractivity contribution >= 4 is 92.1 Å². The van der Waals surface area contributed by atoms with E-state index in [0.717, 1.165) is 47.0 Å². The van der Waals surface area contributed by atoms with Crippen LogP contribution >= 0.6 is 18.9 Å². The van der Waals surface area contributed by atoms with Crippen LogP contribution in [0.1, 0.15) is 121 Å². The standard InChI is InChI=1S/C54H61N10O11PS/c1-29-7-19-43(48(67)56-29)64-41-20-12-31(25-44(41)61(2)54(64)72)9-8-30-10-13-32(14-11-30)51(69)62-24-23-35-16-21-42(49(68)58-38(18-22-46(55)65)50-60-37-5-3-4-6-45(37)77-50)63(35)52(70)40(28-62)59-47(66)39-27-34-26-33(15-17-36(34)57-39)53(71)76(73,74)75/h3-6,12,15,17,20,25-27,30,32,35,38,40,42-43,57H,1,7-11,13-14,16,18-19,21-24,28H2,2H3,(H2,55,65)(H,56,67)(H,58,68)(H,59,66)(H2,73,74,75)/t30?,32?,35-,38+,40+,42+,43?/m1/s1. The van der Waals surface area contributed by atoms with Gasteiger partial charge in [-0.2, -0.15) is 0 Å². The van der Waals surface area contributed by atoms with Crippen molar-refractivity contribution in [1.29, 1.82) is 0 Å². The maximum atomic E-state index is 15.1. The lowest BCUT2D eigenvalue weighted by Gasteiger charge is -2.40. The van der Waals surface area contributed by atoms with E-state index in [4.69, 9.17) is 10.7 Å². The highest BCUT2D eigenvalue weighted by molar-refractivity contribution is 7.70. The summed E-state index contributed by atoms with van der Waals surface area (Å²) >= 11 is 1.38. The largest absolute Gasteiger partial charge is 0.396 e. The molecule has 1 saturated carbocycles. The van der Waals surface area contributed by atoms with Gasteiger partial charge < -0.3 is 46.3 Å². The Hall–Kier alpha value is -7.26. The molecule has 0 bridgehead atoms. The number of aromatic amines is 1. The molecule has 77 heavy (non-hydrogen) atoms. The van der Waals surface area contributed by atoms with E-state index in [-0.39, 0.29) is 60.6 Å². The Kier molecular flexibility index (Phi) is 14.9. The first-order valence-electron chi connectivity index (χ1n) is 26.1. The molecule has 21 nitrogen and oxygen atoms in total. The number of thiazole rings is 1. The number of hydrogen-bond acceptors (Lipinski definition) is 11. The number of carbonyl (C=O) groups is 7. The highest BCUT2D eigenvalue weighted by Gasteiger charge is 2.47. The van der Waals surface area contributed by atoms with Crippen molar-refractivity contribution in [2.45, 2.75) is 114 Å². The summed E-state index contributed by atoms with van der Waals surface area (Å²) in [5, 5.41) is 9.59. The second-order valence-electron chi connectivity index (χ2n) is 20.9. The van der Waals surface area contributed by atoms with E-state index in [1.807, 2.05) is 42.5 Å². The Labute approximate surface area is 445 Å². The number of fused-ring (bicyclic) bond motifs is 4. The normalized spacial score (nSPS) is 22.6. The van der Waals surface area contributed by atoms with Crippen molar-refractivity contribution < 1.29 is 47.9 Å². The number of imidazole rings is 1. The van der Waals surface area contributed by atoms with Crippen LogP contribution in [0.5, 0.6) is 0 Å². The summed E-state index contributed by atoms with van der Waals surface area (Å²) in [7, 11) is -3.38. The van der Waals surface area contributed by atoms with Gasteiger partial charge in [-0.05, 0) is 137 Å². The van der Waals surface area contributed by atoms with Crippen molar-refractivity contribution in [3.05, 3.63) is 111 Å². The molecule has 6 heterocycles. The first-order chi connectivity index (χ1) is 36.8. The third-order valence-electron chi connectivity index (χ3n) is 15.9. The molecule has 6 aromatic rings. The molecule has 1 unspecified atom stereocenters. The van der Waals surface area contributed by atoms with E-state index >= 15 is 4.79 Å². The minimum atomic E-state index is -5.10. The van der Waals surface area contributed by atoms with Crippen LogP contribution in [-0.4, -0.2) is 111 Å². The number of aromatic nitrogens is 4. The minimum absolute atomic E-state index is 0.0185. The number of nitrogens with one attached hydrogen (secondary N) is 4. The quantitative estimate of drug-likeness (QED) is 0.0671. The Morgan fingerprint density at radius 3 is 2.45 bits per heavy atom. The van der Waals surface area contributed by atoms with Gasteiger partial charge in [-0.1, -0.05) is 24.8 Å². The molecule has 4 aliphatic rings. The van der Waals surface area contributed by atoms with Crippen LogP contribution < -0.4 is 27.4 Å². The van der Waals surface area contributed by atoms with E-state index in [0.29, 0.717) is 78.0 Å². The summed E-state index contributed by atoms with van der Waals surface area (Å²) < 4.78 is 15.8. The molecule has 3 aromatic carbocycles. The van der Waals surface area contributed by atoms with Gasteiger partial charge in [-0.3, -0.25) is 47.3 Å². The average molecular weight is 1090 g/mol. The zero-order valence-corrected chi connectivity index (χ0v) is 44.2. The lowest BCUT2D eigenvalue weighted by atomic mass is 9.79. The molecule has 1 aliphatic carbocycles. The Morgan fingerprint density at radius 1 is 0.935 bits per heavy atom. The predicted molar refractivity (Wildman–Crippen MR) is 286 cm³/mol. The summed E-state index contributed by atoms with van der Waals surface area (Å²) in [5.41, 5.74) is 7.92. The summed E-state index contributed by atoms with van der Waals surface area (Å²) in [6.07, 6.45) is 6.86. The van der Waals surface area contributed by atoms with Crippen LogP contribution in [0, 0.1) is 11.8 Å². The van der Waals surface area contributed by atoms with E-state index in [1.54, 1.807) is 21.1 Å². The van der Waals surface area contributed by atoms with E-state index in [1.165, 1.54) is 40.5 Å². The molecule has 4 fully saturated rings. The topological polar surface area (TPSA) is 301 Å². The zero-order chi connectivity index (χ0) is 54.4. The van der Waals surface area contributed by atoms with Crippen LogP contribution in [0.25, 0.3) is 32.2 Å². The number of aryl methyl sites for hydroxylation is 2. The Morgan fingerprint density at radius 2 is 1.71 bits per heavy atom. The molecule has 3 aliphatic heterocycles. The molecule has 5 atom stereocenters. The highest BCUT2D eigenvalue weighted by atomic mass is 32.1. The first kappa shape index (κ1) is 53.2. The van der Waals surface area contributed by atoms with Crippen LogP contribution in [0.3, 0.4) is 0 Å². The number of primary amides is 1. The average Bonchev–Trinajstić information content (AvgIpc) is 4.23. The van der Waals surface area contributed by atoms with Crippen molar-refractivity contribution in [2.75, 3.05) is 13.1 Å². The summed E-state index contributed by atoms with van der Waals surface area (Å²) in [5.74, 6) is -2.63. The van der Waals surface area contributed by atoms with Gasteiger partial charge in [0.25, 0.3) is 11.4 Å². The van der Waals surface area contributed by atoms with Gasteiger partial charge in [0.15, 0.2) is 0 Å². The second-order valence-corrected chi connectivity index (χ2v) is 23.5. The predicted octanol–water partition coefficient (Wildman–Crippen LogP) is 4.97. The van der Waals surface area contributed by atoms with Crippen molar-refractivity contribution in [3.63, 3.8) is 0 Å². The highest BCUT2D eigenvalue weighted by Crippen LogP contribution is 2.40. The lowest BCUT2D eigenvalue weighted by molar-refractivity contribution is -0.146. The molecular formula is C54H61N10O11PS. The molecule has 6 amide bonds. The summed E-state index contributed by atoms with van der Waals surface area (Å²) in [6, 6.07) is 14.7. The van der Waals surface area contributed by atoms with Crippen molar-refractivity contribution in [3.8, 4) is 0 Å². The second kappa shape index (κ2) is 21.6. The fourth-order valence-electron chi connectivity index (χ4n) is 11.8. The molecule has 3 aromatic heterocycles. The number of nitrogens with two attached hydrogens (primary N) is 1. The third kappa shape index (κ3) is 11.0. The number of para-hydroxylation sites is 1. The molecule has 8 N–H and O–H groups in total. The molecule has 3 saturated heterocycles. The van der Waals surface area contributed by atoms with E-state index < -0.39 is 67.0 Å². The van der Waals surface area contributed by atoms with Gasteiger partial charge in [-0.15, -0.1) is 11.3 Å². The van der Waals surface area contributed by atoms with Crippen LogP contribution in [0.2, 0.25) is 0 Å². The van der Waals surface area contributed by atoms with Gasteiger partial charge in [0, 0.05) is 60.7 Å². The van der Waals surface area contributed by atoms with E-state index in [9.17, 15) is 47.9 Å². The molecule has 0 radical (unpaired) electrons. The number of benzene rings is 3. The number of carbonyl (C=O) groups excluding carboxylic acids is 7. The van der Waals surface area contributed by atoms with Gasteiger partial charge in [-0.25, -0.2) is 9.78 Å². The molecule has 0 spiro atoms. The third-order valence-corrected chi connectivity index (χ3v) is 17.9.